The smallest absolute Gasteiger partial charge is 0.339 e. The van der Waals surface area contributed by atoms with Crippen LogP contribution in [0.15, 0.2) is 95.9 Å². The van der Waals surface area contributed by atoms with Gasteiger partial charge in [-0.05, 0) is 72.1 Å². The quantitative estimate of drug-likeness (QED) is 0.276. The van der Waals surface area contributed by atoms with Gasteiger partial charge >= 0.3 is 10.1 Å². The molecule has 0 aliphatic rings. The van der Waals surface area contributed by atoms with E-state index < -0.39 is 15.9 Å². The molecule has 0 N–H and O–H groups in total. The molecule has 1 atom stereocenters. The molecular weight excluding hydrogens is 465 g/mol. The van der Waals surface area contributed by atoms with Crippen molar-refractivity contribution >= 4 is 26.8 Å². The Labute approximate surface area is 204 Å². The van der Waals surface area contributed by atoms with E-state index >= 15 is 0 Å². The summed E-state index contributed by atoms with van der Waals surface area (Å²) in [5, 5.41) is 1.91. The fourth-order valence-corrected chi connectivity index (χ4v) is 4.77. The first-order chi connectivity index (χ1) is 16.8. The van der Waals surface area contributed by atoms with E-state index in [1.165, 1.54) is 0 Å². The number of hydrogen-bond donors (Lipinski definition) is 0. The highest BCUT2D eigenvalue weighted by Gasteiger charge is 2.23. The fourth-order valence-electron chi connectivity index (χ4n) is 3.84. The van der Waals surface area contributed by atoms with Crippen LogP contribution in [0, 0.1) is 5.82 Å². The van der Waals surface area contributed by atoms with E-state index in [1.807, 2.05) is 61.2 Å². The van der Waals surface area contributed by atoms with E-state index in [0.717, 1.165) is 47.0 Å². The van der Waals surface area contributed by atoms with Crippen LogP contribution in [0.1, 0.15) is 36.2 Å². The summed E-state index contributed by atoms with van der Waals surface area (Å²) in [6.07, 6.45) is 0.785. The molecule has 0 unspecified atom stereocenters. The van der Waals surface area contributed by atoms with Crippen molar-refractivity contribution in [3.63, 3.8) is 0 Å². The fraction of sp³-hybridized carbons (Fsp3) is 0.179. The SMILES string of the molecule is CC[C@@H](C)N(Cc1ccc(OS(=O)(=O)c2ccc(F)cc2)cc1)C(=O)c1cccc2ccccc12. The molecule has 4 aromatic rings. The van der Waals surface area contributed by atoms with Gasteiger partial charge in [-0.3, -0.25) is 4.79 Å². The number of carbonyl (C=O) groups is 1. The van der Waals surface area contributed by atoms with Gasteiger partial charge < -0.3 is 9.08 Å². The molecule has 4 aromatic carbocycles. The molecule has 0 heterocycles. The highest BCUT2D eigenvalue weighted by molar-refractivity contribution is 7.87. The van der Waals surface area contributed by atoms with Gasteiger partial charge in [-0.15, -0.1) is 0 Å². The number of hydrogen-bond acceptors (Lipinski definition) is 4. The molecule has 35 heavy (non-hydrogen) atoms. The van der Waals surface area contributed by atoms with E-state index in [9.17, 15) is 17.6 Å². The molecule has 0 bridgehead atoms. The van der Waals surface area contributed by atoms with Crippen LogP contribution < -0.4 is 4.18 Å². The topological polar surface area (TPSA) is 63.7 Å². The first kappa shape index (κ1) is 24.4. The van der Waals surface area contributed by atoms with Crippen molar-refractivity contribution < 1.29 is 21.8 Å². The summed E-state index contributed by atoms with van der Waals surface area (Å²) >= 11 is 0. The molecule has 7 heteroatoms. The second-order valence-electron chi connectivity index (χ2n) is 8.35. The molecule has 0 aromatic heterocycles. The van der Waals surface area contributed by atoms with Gasteiger partial charge in [0.1, 0.15) is 16.5 Å². The number of amides is 1. The lowest BCUT2D eigenvalue weighted by molar-refractivity contribution is 0.0673. The standard InChI is InChI=1S/C28H26FNO4S/c1-3-20(2)30(28(31)27-10-6-8-22-7-4-5-9-26(22)27)19-21-11-15-24(16-12-21)34-35(32,33)25-17-13-23(29)14-18-25/h4-18,20H,3,19H2,1-2H3/t20-/m1/s1. The van der Waals surface area contributed by atoms with E-state index in [-0.39, 0.29) is 22.6 Å². The third kappa shape index (κ3) is 5.52. The molecule has 1 amide bonds. The van der Waals surface area contributed by atoms with Gasteiger partial charge in [0.25, 0.3) is 5.91 Å². The normalized spacial score (nSPS) is 12.3. The number of nitrogens with zero attached hydrogens (tertiary/aromatic N) is 1. The Hall–Kier alpha value is -3.71. The van der Waals surface area contributed by atoms with Gasteiger partial charge in [0.2, 0.25) is 0 Å². The third-order valence-electron chi connectivity index (χ3n) is 5.99. The number of benzene rings is 4. The lowest BCUT2D eigenvalue weighted by Gasteiger charge is -2.29. The van der Waals surface area contributed by atoms with Crippen molar-refractivity contribution in [3.8, 4) is 5.75 Å². The molecule has 0 fully saturated rings. The Morgan fingerprint density at radius 3 is 2.26 bits per heavy atom. The summed E-state index contributed by atoms with van der Waals surface area (Å²) in [5.74, 6) is -0.457. The lowest BCUT2D eigenvalue weighted by Crippen LogP contribution is -2.37. The van der Waals surface area contributed by atoms with Crippen LogP contribution in [0.3, 0.4) is 0 Å². The minimum atomic E-state index is -4.08. The first-order valence-electron chi connectivity index (χ1n) is 11.4. The molecule has 180 valence electrons. The number of halogens is 1. The Morgan fingerprint density at radius 2 is 1.57 bits per heavy atom. The van der Waals surface area contributed by atoms with Crippen molar-refractivity contribution in [2.75, 3.05) is 0 Å². The molecule has 0 aliphatic heterocycles. The molecule has 0 radical (unpaired) electrons. The average molecular weight is 492 g/mol. The van der Waals surface area contributed by atoms with Crippen LogP contribution in [0.2, 0.25) is 0 Å². The maximum atomic E-state index is 13.6. The van der Waals surface area contributed by atoms with E-state index in [1.54, 1.807) is 24.3 Å². The summed E-state index contributed by atoms with van der Waals surface area (Å²) in [7, 11) is -4.08. The molecular formula is C28H26FNO4S. The number of fused-ring (bicyclic) bond motifs is 1. The summed E-state index contributed by atoms with van der Waals surface area (Å²) < 4.78 is 43.2. The molecule has 0 saturated carbocycles. The van der Waals surface area contributed by atoms with Crippen LogP contribution in [-0.4, -0.2) is 25.3 Å². The van der Waals surface area contributed by atoms with Crippen LogP contribution >= 0.6 is 0 Å². The molecule has 0 spiro atoms. The zero-order valence-corrected chi connectivity index (χ0v) is 20.3. The minimum absolute atomic E-state index is 0.00347. The summed E-state index contributed by atoms with van der Waals surface area (Å²) in [6, 6.07) is 24.5. The van der Waals surface area contributed by atoms with Crippen molar-refractivity contribution in [3.05, 3.63) is 108 Å². The van der Waals surface area contributed by atoms with Crippen molar-refractivity contribution in [2.24, 2.45) is 0 Å². The maximum absolute atomic E-state index is 13.6. The highest BCUT2D eigenvalue weighted by atomic mass is 32.2. The van der Waals surface area contributed by atoms with Gasteiger partial charge in [0, 0.05) is 18.2 Å². The Kier molecular flexibility index (Phi) is 7.17. The van der Waals surface area contributed by atoms with E-state index in [4.69, 9.17) is 4.18 Å². The van der Waals surface area contributed by atoms with Gasteiger partial charge in [0.05, 0.1) is 0 Å². The van der Waals surface area contributed by atoms with Crippen LogP contribution in [0.25, 0.3) is 10.8 Å². The van der Waals surface area contributed by atoms with Gasteiger partial charge in [-0.2, -0.15) is 8.42 Å². The van der Waals surface area contributed by atoms with Crippen LogP contribution in [0.5, 0.6) is 5.75 Å². The largest absolute Gasteiger partial charge is 0.379 e. The van der Waals surface area contributed by atoms with Crippen molar-refractivity contribution in [2.45, 2.75) is 37.8 Å². The Balaban J connectivity index is 1.55. The summed E-state index contributed by atoms with van der Waals surface area (Å²) in [4.78, 5) is 15.3. The molecule has 0 saturated heterocycles. The Morgan fingerprint density at radius 1 is 0.914 bits per heavy atom. The predicted molar refractivity (Wildman–Crippen MR) is 134 cm³/mol. The number of rotatable bonds is 8. The average Bonchev–Trinajstić information content (AvgIpc) is 2.87. The van der Waals surface area contributed by atoms with E-state index in [0.29, 0.717) is 12.1 Å². The van der Waals surface area contributed by atoms with Crippen molar-refractivity contribution in [1.29, 1.82) is 0 Å². The second kappa shape index (κ2) is 10.3. The summed E-state index contributed by atoms with van der Waals surface area (Å²) in [5.41, 5.74) is 1.49. The van der Waals surface area contributed by atoms with Gasteiger partial charge in [-0.1, -0.05) is 55.5 Å². The van der Waals surface area contributed by atoms with Gasteiger partial charge in [0.15, 0.2) is 0 Å². The third-order valence-corrected chi connectivity index (χ3v) is 7.25. The monoisotopic (exact) mass is 491 g/mol. The molecule has 0 aliphatic carbocycles. The first-order valence-corrected chi connectivity index (χ1v) is 12.8. The molecule has 5 nitrogen and oxygen atoms in total. The maximum Gasteiger partial charge on any atom is 0.339 e. The highest BCUT2D eigenvalue weighted by Crippen LogP contribution is 2.24. The minimum Gasteiger partial charge on any atom is -0.379 e. The van der Waals surface area contributed by atoms with Gasteiger partial charge in [-0.25, -0.2) is 4.39 Å². The van der Waals surface area contributed by atoms with Crippen molar-refractivity contribution in [1.82, 2.24) is 4.90 Å². The zero-order chi connectivity index (χ0) is 25.0. The number of carbonyl (C=O) groups excluding carboxylic acids is 1. The zero-order valence-electron chi connectivity index (χ0n) is 19.5. The predicted octanol–water partition coefficient (Wildman–Crippen LogP) is 6.19. The summed E-state index contributed by atoms with van der Waals surface area (Å²) in [6.45, 7) is 4.41. The lowest BCUT2D eigenvalue weighted by atomic mass is 10.0. The second-order valence-corrected chi connectivity index (χ2v) is 9.90. The molecule has 4 rings (SSSR count). The van der Waals surface area contributed by atoms with Crippen LogP contribution in [0.4, 0.5) is 4.39 Å². The van der Waals surface area contributed by atoms with Crippen LogP contribution in [-0.2, 0) is 16.7 Å². The Bertz CT molecular complexity index is 1430. The van der Waals surface area contributed by atoms with E-state index in [2.05, 4.69) is 0 Å².